The molecule has 1 aromatic rings. The summed E-state index contributed by atoms with van der Waals surface area (Å²) >= 11 is 0. The summed E-state index contributed by atoms with van der Waals surface area (Å²) in [6, 6.07) is 7.64. The van der Waals surface area contributed by atoms with E-state index in [4.69, 9.17) is 14.4 Å². The Kier molecular flexibility index (Phi) is 3.19. The number of benzene rings is 1. The Morgan fingerprint density at radius 1 is 1.14 bits per heavy atom. The largest absolute Gasteiger partial charge is 0.493 e. The summed E-state index contributed by atoms with van der Waals surface area (Å²) in [5.41, 5.74) is 1.92. The summed E-state index contributed by atoms with van der Waals surface area (Å²) in [6.45, 7) is 1.59. The Balaban J connectivity index is 2.07. The van der Waals surface area contributed by atoms with Gasteiger partial charge in [0.25, 0.3) is 0 Å². The van der Waals surface area contributed by atoms with E-state index in [2.05, 4.69) is 0 Å². The molecule has 1 saturated heterocycles. The lowest BCUT2D eigenvalue weighted by molar-refractivity contribution is 0.143. The highest BCUT2D eigenvalue weighted by atomic mass is 16.6. The molecule has 0 aliphatic carbocycles. The molecule has 14 heavy (non-hydrogen) atoms. The average Bonchev–Trinajstić information content (AvgIpc) is 2.30. The Morgan fingerprint density at radius 3 is 2.36 bits per heavy atom. The maximum atomic E-state index is 8.88. The molecule has 0 bridgehead atoms. The lowest BCUT2D eigenvalue weighted by atomic mass is 9.78. The molecule has 0 radical (unpaired) electrons. The molecule has 0 spiro atoms. The zero-order valence-corrected chi connectivity index (χ0v) is 7.98. The molecule has 2 rings (SSSR count). The zero-order chi connectivity index (χ0) is 9.80. The van der Waals surface area contributed by atoms with E-state index in [0.717, 1.165) is 30.7 Å². The van der Waals surface area contributed by atoms with Gasteiger partial charge in [0, 0.05) is 13.2 Å². The molecule has 1 fully saturated rings. The summed E-state index contributed by atoms with van der Waals surface area (Å²) < 4.78 is 10.9. The second-order valence-corrected chi connectivity index (χ2v) is 3.33. The molecule has 0 atom stereocenters. The van der Waals surface area contributed by atoms with Crippen molar-refractivity contribution in [2.24, 2.45) is 0 Å². The van der Waals surface area contributed by atoms with Crippen molar-refractivity contribution < 1.29 is 14.4 Å². The van der Waals surface area contributed by atoms with Gasteiger partial charge in [0.2, 0.25) is 0 Å². The molecule has 1 aliphatic rings. The van der Waals surface area contributed by atoms with E-state index in [1.807, 2.05) is 24.3 Å². The smallest absolute Gasteiger partial charge is 0.407 e. The minimum absolute atomic E-state index is 0.0761. The quantitative estimate of drug-likeness (QED) is 0.685. The van der Waals surface area contributed by atoms with E-state index in [-0.39, 0.29) is 13.7 Å². The third kappa shape index (κ3) is 2.15. The first-order valence-electron chi connectivity index (χ1n) is 4.83. The maximum absolute atomic E-state index is 8.88. The highest BCUT2D eigenvalue weighted by Gasteiger charge is 2.23. The van der Waals surface area contributed by atoms with Gasteiger partial charge in [-0.25, -0.2) is 0 Å². The summed E-state index contributed by atoms with van der Waals surface area (Å²) in [6.07, 6.45) is 0.964. The number of aliphatic hydroxyl groups is 1. The molecule has 3 nitrogen and oxygen atoms in total. The van der Waals surface area contributed by atoms with E-state index in [0.29, 0.717) is 0 Å². The van der Waals surface area contributed by atoms with E-state index < -0.39 is 0 Å². The third-order valence-corrected chi connectivity index (χ3v) is 2.26. The minimum Gasteiger partial charge on any atom is -0.407 e. The van der Waals surface area contributed by atoms with Crippen molar-refractivity contribution >= 4 is 12.6 Å². The Bertz CT molecular complexity index is 280. The lowest BCUT2D eigenvalue weighted by Crippen LogP contribution is -2.40. The number of rotatable bonds is 2. The van der Waals surface area contributed by atoms with Crippen molar-refractivity contribution in [1.82, 2.24) is 0 Å². The van der Waals surface area contributed by atoms with Gasteiger partial charge in [0.05, 0.1) is 6.61 Å². The zero-order valence-electron chi connectivity index (χ0n) is 7.98. The fourth-order valence-electron chi connectivity index (χ4n) is 1.46. The van der Waals surface area contributed by atoms with Crippen LogP contribution in [0.3, 0.4) is 0 Å². The van der Waals surface area contributed by atoms with Gasteiger partial charge in [-0.3, -0.25) is 0 Å². The number of hydrogen-bond donors (Lipinski definition) is 1. The molecule has 1 aliphatic heterocycles. The van der Waals surface area contributed by atoms with E-state index >= 15 is 0 Å². The van der Waals surface area contributed by atoms with Gasteiger partial charge in [0.1, 0.15) is 0 Å². The van der Waals surface area contributed by atoms with Crippen LogP contribution in [0.2, 0.25) is 0 Å². The monoisotopic (exact) mass is 192 g/mol. The Morgan fingerprint density at radius 2 is 1.79 bits per heavy atom. The predicted octanol–water partition coefficient (Wildman–Crippen LogP) is 0.311. The van der Waals surface area contributed by atoms with Crippen molar-refractivity contribution in [2.45, 2.75) is 13.0 Å². The molecule has 0 amide bonds. The van der Waals surface area contributed by atoms with Crippen molar-refractivity contribution in [3.63, 3.8) is 0 Å². The van der Waals surface area contributed by atoms with Crippen LogP contribution in [0.1, 0.15) is 12.0 Å². The SMILES string of the molecule is OCc1ccc(B2OCCCO2)cc1. The van der Waals surface area contributed by atoms with E-state index in [9.17, 15) is 0 Å². The van der Waals surface area contributed by atoms with Crippen LogP contribution in [-0.4, -0.2) is 25.4 Å². The van der Waals surface area contributed by atoms with Crippen molar-refractivity contribution in [2.75, 3.05) is 13.2 Å². The standard InChI is InChI=1S/C10H13BO3/c12-8-9-2-4-10(5-3-9)11-13-6-1-7-14-11/h2-5,12H,1,6-8H2. The fourth-order valence-corrected chi connectivity index (χ4v) is 1.46. The molecule has 1 aromatic carbocycles. The van der Waals surface area contributed by atoms with Gasteiger partial charge < -0.3 is 14.4 Å². The van der Waals surface area contributed by atoms with Crippen LogP contribution in [0.4, 0.5) is 0 Å². The first-order chi connectivity index (χ1) is 6.90. The number of aliphatic hydroxyl groups excluding tert-OH is 1. The highest BCUT2D eigenvalue weighted by Crippen LogP contribution is 2.03. The van der Waals surface area contributed by atoms with Crippen molar-refractivity contribution in [3.8, 4) is 0 Å². The molecule has 1 heterocycles. The van der Waals surface area contributed by atoms with Crippen LogP contribution in [-0.2, 0) is 15.9 Å². The predicted molar refractivity (Wildman–Crippen MR) is 54.3 cm³/mol. The van der Waals surface area contributed by atoms with Crippen molar-refractivity contribution in [1.29, 1.82) is 0 Å². The minimum atomic E-state index is -0.225. The Labute approximate surface area is 83.8 Å². The Hall–Kier alpha value is -0.835. The van der Waals surface area contributed by atoms with Gasteiger partial charge in [-0.2, -0.15) is 0 Å². The van der Waals surface area contributed by atoms with Crippen LogP contribution >= 0.6 is 0 Å². The van der Waals surface area contributed by atoms with Crippen LogP contribution < -0.4 is 5.46 Å². The van der Waals surface area contributed by atoms with Crippen LogP contribution in [0.15, 0.2) is 24.3 Å². The normalized spacial score (nSPS) is 17.1. The topological polar surface area (TPSA) is 38.7 Å². The first-order valence-corrected chi connectivity index (χ1v) is 4.83. The molecule has 0 aromatic heterocycles. The van der Waals surface area contributed by atoms with Gasteiger partial charge in [-0.05, 0) is 17.4 Å². The molecular formula is C10H13BO3. The number of hydrogen-bond acceptors (Lipinski definition) is 3. The second-order valence-electron chi connectivity index (χ2n) is 3.33. The second kappa shape index (κ2) is 4.60. The summed E-state index contributed by atoms with van der Waals surface area (Å²) in [4.78, 5) is 0. The van der Waals surface area contributed by atoms with Crippen LogP contribution in [0.25, 0.3) is 0 Å². The molecule has 4 heteroatoms. The van der Waals surface area contributed by atoms with E-state index in [1.54, 1.807) is 0 Å². The molecule has 74 valence electrons. The maximum Gasteiger partial charge on any atom is 0.493 e. The third-order valence-electron chi connectivity index (χ3n) is 2.26. The fraction of sp³-hybridized carbons (Fsp3) is 0.400. The van der Waals surface area contributed by atoms with Gasteiger partial charge >= 0.3 is 7.12 Å². The van der Waals surface area contributed by atoms with Crippen LogP contribution in [0.5, 0.6) is 0 Å². The van der Waals surface area contributed by atoms with Gasteiger partial charge in [0.15, 0.2) is 0 Å². The van der Waals surface area contributed by atoms with Crippen LogP contribution in [0, 0.1) is 0 Å². The van der Waals surface area contributed by atoms with Gasteiger partial charge in [-0.1, -0.05) is 24.3 Å². The molecule has 0 unspecified atom stereocenters. The summed E-state index contributed by atoms with van der Waals surface area (Å²) in [7, 11) is -0.225. The molecule has 0 saturated carbocycles. The van der Waals surface area contributed by atoms with Crippen molar-refractivity contribution in [3.05, 3.63) is 29.8 Å². The average molecular weight is 192 g/mol. The first kappa shape index (κ1) is 9.71. The lowest BCUT2D eigenvalue weighted by Gasteiger charge is -2.19. The highest BCUT2D eigenvalue weighted by molar-refractivity contribution is 6.61. The molecular weight excluding hydrogens is 179 g/mol. The summed E-state index contributed by atoms with van der Waals surface area (Å²) in [5, 5.41) is 8.88. The summed E-state index contributed by atoms with van der Waals surface area (Å²) in [5.74, 6) is 0. The van der Waals surface area contributed by atoms with Gasteiger partial charge in [-0.15, -0.1) is 0 Å². The molecule has 1 N–H and O–H groups in total. The van der Waals surface area contributed by atoms with E-state index in [1.165, 1.54) is 0 Å².